The number of nitro groups is 1. The van der Waals surface area contributed by atoms with Crippen molar-refractivity contribution in [1.82, 2.24) is 4.98 Å². The molecule has 0 aliphatic heterocycles. The largest absolute Gasteiger partial charge is 0.573 e. The van der Waals surface area contributed by atoms with Gasteiger partial charge in [-0.1, -0.05) is 0 Å². The minimum atomic E-state index is -4.89. The molecule has 0 unspecified atom stereocenters. The van der Waals surface area contributed by atoms with Crippen LogP contribution < -0.4 is 4.74 Å². The summed E-state index contributed by atoms with van der Waals surface area (Å²) in [7, 11) is 0. The smallest absolute Gasteiger partial charge is 0.404 e. The van der Waals surface area contributed by atoms with E-state index in [0.717, 1.165) is 13.1 Å². The zero-order chi connectivity index (χ0) is 12.5. The van der Waals surface area contributed by atoms with Crippen molar-refractivity contribution in [3.05, 3.63) is 25.4 Å². The van der Waals surface area contributed by atoms with E-state index in [1.807, 2.05) is 0 Å². The van der Waals surface area contributed by atoms with Gasteiger partial charge in [0.05, 0.1) is 9.13 Å². The summed E-state index contributed by atoms with van der Waals surface area (Å²) in [4.78, 5) is 13.0. The predicted molar refractivity (Wildman–Crippen MR) is 55.0 cm³/mol. The highest BCUT2D eigenvalue weighted by molar-refractivity contribution is 14.1. The van der Waals surface area contributed by atoms with Crippen molar-refractivity contribution in [2.45, 2.75) is 13.3 Å². The number of nitrogens with zero attached hydrogens (tertiary/aromatic N) is 2. The predicted octanol–water partition coefficient (Wildman–Crippen LogP) is 2.80. The van der Waals surface area contributed by atoms with Gasteiger partial charge in [-0.05, 0) is 39.4 Å². The van der Waals surface area contributed by atoms with Crippen LogP contribution in [0.25, 0.3) is 0 Å². The fraction of sp³-hybridized carbons (Fsp3) is 0.286. The van der Waals surface area contributed by atoms with Gasteiger partial charge in [0, 0.05) is 0 Å². The molecule has 1 rings (SSSR count). The van der Waals surface area contributed by atoms with Gasteiger partial charge in [-0.2, -0.15) is 0 Å². The lowest BCUT2D eigenvalue weighted by Gasteiger charge is -2.11. The first-order valence-corrected chi connectivity index (χ1v) is 4.85. The standard InChI is InChI=1S/C7H4F3IN2O3/c1-3-5(16-7(8,9)10)4(11)2-12-6(3)13(14)15/h2H,1H3. The van der Waals surface area contributed by atoms with Crippen LogP contribution in [0.1, 0.15) is 5.56 Å². The third kappa shape index (κ3) is 2.93. The Hall–Kier alpha value is -1.13. The molecular weight excluding hydrogens is 344 g/mol. The summed E-state index contributed by atoms with van der Waals surface area (Å²) in [6.45, 7) is 1.15. The lowest BCUT2D eigenvalue weighted by molar-refractivity contribution is -0.390. The average Bonchev–Trinajstić information content (AvgIpc) is 2.10. The van der Waals surface area contributed by atoms with E-state index in [9.17, 15) is 23.3 Å². The number of hydrogen-bond acceptors (Lipinski definition) is 4. The molecule has 1 aromatic heterocycles. The number of alkyl halides is 3. The Morgan fingerprint density at radius 1 is 1.56 bits per heavy atom. The summed E-state index contributed by atoms with van der Waals surface area (Å²) in [5.41, 5.74) is -0.255. The Morgan fingerprint density at radius 3 is 2.56 bits per heavy atom. The summed E-state index contributed by atoms with van der Waals surface area (Å²) in [6.07, 6.45) is -3.94. The highest BCUT2D eigenvalue weighted by Gasteiger charge is 2.34. The van der Waals surface area contributed by atoms with Crippen molar-refractivity contribution in [1.29, 1.82) is 0 Å². The van der Waals surface area contributed by atoms with E-state index in [1.165, 1.54) is 0 Å². The maximum Gasteiger partial charge on any atom is 0.573 e. The number of rotatable bonds is 2. The fourth-order valence-corrected chi connectivity index (χ4v) is 1.63. The third-order valence-electron chi connectivity index (χ3n) is 1.58. The zero-order valence-electron chi connectivity index (χ0n) is 7.71. The second-order valence-corrected chi connectivity index (χ2v) is 3.85. The molecule has 0 radical (unpaired) electrons. The molecule has 5 nitrogen and oxygen atoms in total. The van der Waals surface area contributed by atoms with Crippen LogP contribution in [0.15, 0.2) is 6.20 Å². The van der Waals surface area contributed by atoms with Gasteiger partial charge in [0.15, 0.2) is 11.9 Å². The van der Waals surface area contributed by atoms with Crippen LogP contribution in [-0.2, 0) is 0 Å². The lowest BCUT2D eigenvalue weighted by Crippen LogP contribution is -2.19. The molecule has 0 aromatic carbocycles. The number of ether oxygens (including phenoxy) is 1. The first-order chi connectivity index (χ1) is 7.22. The summed E-state index contributed by atoms with van der Waals surface area (Å²) in [6, 6.07) is 0. The minimum Gasteiger partial charge on any atom is -0.404 e. The van der Waals surface area contributed by atoms with Crippen LogP contribution in [0.3, 0.4) is 0 Å². The fourth-order valence-electron chi connectivity index (χ4n) is 0.979. The summed E-state index contributed by atoms with van der Waals surface area (Å²) >= 11 is 1.56. The van der Waals surface area contributed by atoms with Gasteiger partial charge in [-0.15, -0.1) is 13.2 Å². The van der Waals surface area contributed by atoms with Crippen LogP contribution in [0.5, 0.6) is 5.75 Å². The van der Waals surface area contributed by atoms with Crippen LogP contribution in [-0.4, -0.2) is 16.3 Å². The molecule has 9 heteroatoms. The van der Waals surface area contributed by atoms with E-state index < -0.39 is 22.9 Å². The Bertz CT molecular complexity index is 436. The molecule has 1 heterocycles. The summed E-state index contributed by atoms with van der Waals surface area (Å²) in [5.74, 6) is -1.24. The third-order valence-corrected chi connectivity index (χ3v) is 2.35. The number of halogens is 4. The molecule has 0 saturated carbocycles. The molecule has 0 N–H and O–H groups in total. The maximum absolute atomic E-state index is 12.0. The molecule has 16 heavy (non-hydrogen) atoms. The lowest BCUT2D eigenvalue weighted by atomic mass is 10.2. The number of hydrogen-bond donors (Lipinski definition) is 0. The quantitative estimate of drug-likeness (QED) is 0.468. The zero-order valence-corrected chi connectivity index (χ0v) is 9.87. The molecule has 0 spiro atoms. The van der Waals surface area contributed by atoms with Gasteiger partial charge in [-0.25, -0.2) is 0 Å². The molecule has 0 atom stereocenters. The molecule has 0 aliphatic rings. The SMILES string of the molecule is Cc1c([N+](=O)[O-])ncc(I)c1OC(F)(F)F. The van der Waals surface area contributed by atoms with Crippen LogP contribution in [0.4, 0.5) is 19.0 Å². The monoisotopic (exact) mass is 348 g/mol. The van der Waals surface area contributed by atoms with E-state index in [2.05, 4.69) is 9.72 Å². The first-order valence-electron chi connectivity index (χ1n) is 3.77. The Balaban J connectivity index is 3.27. The van der Waals surface area contributed by atoms with Crippen LogP contribution in [0.2, 0.25) is 0 Å². The molecular formula is C7H4F3IN2O3. The molecule has 0 saturated heterocycles. The molecule has 0 fully saturated rings. The molecule has 0 aliphatic carbocycles. The minimum absolute atomic E-state index is 0.0537. The normalized spacial score (nSPS) is 11.3. The Labute approximate surface area is 101 Å². The van der Waals surface area contributed by atoms with Gasteiger partial charge in [0.25, 0.3) is 0 Å². The average molecular weight is 348 g/mol. The van der Waals surface area contributed by atoms with E-state index in [4.69, 9.17) is 0 Å². The van der Waals surface area contributed by atoms with Crippen molar-refractivity contribution in [3.8, 4) is 5.75 Å². The molecule has 0 bridgehead atoms. The van der Waals surface area contributed by atoms with Crippen molar-refractivity contribution in [3.63, 3.8) is 0 Å². The Kier molecular flexibility index (Phi) is 3.55. The molecule has 88 valence electrons. The number of pyridine rings is 1. The molecule has 0 amide bonds. The van der Waals surface area contributed by atoms with E-state index in [1.54, 1.807) is 22.6 Å². The van der Waals surface area contributed by atoms with Gasteiger partial charge < -0.3 is 14.9 Å². The van der Waals surface area contributed by atoms with Crippen molar-refractivity contribution in [2.75, 3.05) is 0 Å². The number of aromatic nitrogens is 1. The highest BCUT2D eigenvalue weighted by Crippen LogP contribution is 2.34. The second kappa shape index (κ2) is 4.39. The van der Waals surface area contributed by atoms with E-state index in [0.29, 0.717) is 0 Å². The van der Waals surface area contributed by atoms with E-state index in [-0.39, 0.29) is 9.13 Å². The second-order valence-electron chi connectivity index (χ2n) is 2.69. The summed E-state index contributed by atoms with van der Waals surface area (Å²) < 4.78 is 39.8. The Morgan fingerprint density at radius 2 is 2.12 bits per heavy atom. The first kappa shape index (κ1) is 12.9. The maximum atomic E-state index is 12.0. The van der Waals surface area contributed by atoms with Gasteiger partial charge in [-0.3, -0.25) is 0 Å². The van der Waals surface area contributed by atoms with Gasteiger partial charge in [0.1, 0.15) is 0 Å². The van der Waals surface area contributed by atoms with Crippen LogP contribution in [0, 0.1) is 20.6 Å². The highest BCUT2D eigenvalue weighted by atomic mass is 127. The van der Waals surface area contributed by atoms with Crippen molar-refractivity contribution >= 4 is 28.4 Å². The van der Waals surface area contributed by atoms with Crippen molar-refractivity contribution < 1.29 is 22.8 Å². The summed E-state index contributed by atoms with van der Waals surface area (Å²) in [5, 5.41) is 10.5. The van der Waals surface area contributed by atoms with E-state index >= 15 is 0 Å². The van der Waals surface area contributed by atoms with Crippen molar-refractivity contribution in [2.24, 2.45) is 0 Å². The van der Waals surface area contributed by atoms with Gasteiger partial charge in [0.2, 0.25) is 0 Å². The van der Waals surface area contributed by atoms with Gasteiger partial charge >= 0.3 is 12.2 Å². The molecule has 1 aromatic rings. The van der Waals surface area contributed by atoms with Crippen LogP contribution >= 0.6 is 22.6 Å². The topological polar surface area (TPSA) is 65.3 Å².